The number of hydrogen-bond donors (Lipinski definition) is 1. The predicted octanol–water partition coefficient (Wildman–Crippen LogP) is 2.16. The van der Waals surface area contributed by atoms with Gasteiger partial charge in [-0.05, 0) is 39.0 Å². The Morgan fingerprint density at radius 1 is 1.28 bits per heavy atom. The van der Waals surface area contributed by atoms with Crippen LogP contribution in [0.3, 0.4) is 0 Å². The Labute approximate surface area is 147 Å². The van der Waals surface area contributed by atoms with Crippen LogP contribution in [0.1, 0.15) is 27.7 Å². The predicted molar refractivity (Wildman–Crippen MR) is 96.5 cm³/mol. The Morgan fingerprint density at radius 2 is 1.92 bits per heavy atom. The Hall–Kier alpha value is -2.29. The van der Waals surface area contributed by atoms with Crippen LogP contribution in [0, 0.1) is 0 Å². The van der Waals surface area contributed by atoms with Crippen LogP contribution in [0.25, 0.3) is 0 Å². The summed E-state index contributed by atoms with van der Waals surface area (Å²) >= 11 is 0. The monoisotopic (exact) mass is 369 g/mol. The normalized spacial score (nSPS) is 17.3. The highest BCUT2D eigenvalue weighted by Crippen LogP contribution is 2.38. The molecule has 138 valence electrons. The van der Waals surface area contributed by atoms with Crippen molar-refractivity contribution < 1.29 is 22.7 Å². The van der Waals surface area contributed by atoms with E-state index in [1.165, 1.54) is 11.8 Å². The van der Waals surface area contributed by atoms with E-state index >= 15 is 0 Å². The quantitative estimate of drug-likeness (QED) is 0.881. The summed E-state index contributed by atoms with van der Waals surface area (Å²) in [7, 11) is -3.46. The number of nitrogens with one attached hydrogen (secondary N) is 1. The number of carbonyl (C=O) groups is 2. The zero-order valence-corrected chi connectivity index (χ0v) is 15.8. The van der Waals surface area contributed by atoms with Gasteiger partial charge >= 0.3 is 6.09 Å². The number of carbonyl (C=O) groups excluding carboxylic acids is 2. The van der Waals surface area contributed by atoms with E-state index in [4.69, 9.17) is 4.74 Å². The largest absolute Gasteiger partial charge is 0.446 e. The van der Waals surface area contributed by atoms with Crippen molar-refractivity contribution in [1.82, 2.24) is 0 Å². The van der Waals surface area contributed by atoms with Crippen LogP contribution in [0.5, 0.6) is 0 Å². The minimum Gasteiger partial charge on any atom is -0.446 e. The molecule has 0 bridgehead atoms. The molecule has 0 saturated heterocycles. The lowest BCUT2D eigenvalue weighted by atomic mass is 10.1. The van der Waals surface area contributed by atoms with Crippen molar-refractivity contribution in [2.45, 2.75) is 39.8 Å². The average molecular weight is 369 g/mol. The Bertz CT molecular complexity index is 791. The molecule has 25 heavy (non-hydrogen) atoms. The first-order chi connectivity index (χ1) is 11.5. The SMILES string of the molecule is CC(=O)N1c2cc(NS(C)(=O)=O)ccc2N(C(=O)OC(C)C)C[C@@H]1C. The van der Waals surface area contributed by atoms with Gasteiger partial charge in [0.1, 0.15) is 0 Å². The third-order valence-electron chi connectivity index (χ3n) is 3.61. The maximum Gasteiger partial charge on any atom is 0.414 e. The zero-order chi connectivity index (χ0) is 18.9. The summed E-state index contributed by atoms with van der Waals surface area (Å²) < 4.78 is 30.6. The van der Waals surface area contributed by atoms with E-state index in [1.807, 2.05) is 6.92 Å². The summed E-state index contributed by atoms with van der Waals surface area (Å²) in [5.74, 6) is -0.192. The molecule has 1 aromatic rings. The molecule has 1 aromatic carbocycles. The average Bonchev–Trinajstić information content (AvgIpc) is 2.42. The van der Waals surface area contributed by atoms with E-state index in [1.54, 1.807) is 36.9 Å². The molecule has 9 heteroatoms. The molecular weight excluding hydrogens is 346 g/mol. The molecule has 2 amide bonds. The Morgan fingerprint density at radius 3 is 2.44 bits per heavy atom. The summed E-state index contributed by atoms with van der Waals surface area (Å²) in [6.45, 7) is 7.05. The molecule has 1 heterocycles. The number of anilines is 3. The van der Waals surface area contributed by atoms with Gasteiger partial charge < -0.3 is 9.64 Å². The van der Waals surface area contributed by atoms with Gasteiger partial charge in [-0.3, -0.25) is 14.4 Å². The molecule has 0 spiro atoms. The van der Waals surface area contributed by atoms with Gasteiger partial charge in [0.25, 0.3) is 0 Å². The lowest BCUT2D eigenvalue weighted by Crippen LogP contribution is -2.51. The number of amides is 2. The molecule has 1 aliphatic heterocycles. The van der Waals surface area contributed by atoms with E-state index < -0.39 is 16.1 Å². The highest BCUT2D eigenvalue weighted by atomic mass is 32.2. The Kier molecular flexibility index (Phi) is 5.26. The van der Waals surface area contributed by atoms with Crippen molar-refractivity contribution in [3.8, 4) is 0 Å². The van der Waals surface area contributed by atoms with Crippen molar-refractivity contribution in [1.29, 1.82) is 0 Å². The minimum atomic E-state index is -3.46. The van der Waals surface area contributed by atoms with Crippen LogP contribution in [0.4, 0.5) is 21.9 Å². The summed E-state index contributed by atoms with van der Waals surface area (Å²) in [5, 5.41) is 0. The summed E-state index contributed by atoms with van der Waals surface area (Å²) in [5.41, 5.74) is 1.28. The zero-order valence-electron chi connectivity index (χ0n) is 14.9. The highest BCUT2D eigenvalue weighted by Gasteiger charge is 2.34. The number of benzene rings is 1. The van der Waals surface area contributed by atoms with Gasteiger partial charge in [0, 0.05) is 13.5 Å². The van der Waals surface area contributed by atoms with Gasteiger partial charge in [-0.15, -0.1) is 0 Å². The number of hydrogen-bond acceptors (Lipinski definition) is 5. The van der Waals surface area contributed by atoms with Gasteiger partial charge in [-0.1, -0.05) is 0 Å². The molecule has 0 unspecified atom stereocenters. The number of rotatable bonds is 3. The second kappa shape index (κ2) is 6.91. The molecule has 1 N–H and O–H groups in total. The Balaban J connectivity index is 2.51. The van der Waals surface area contributed by atoms with E-state index in [9.17, 15) is 18.0 Å². The van der Waals surface area contributed by atoms with Gasteiger partial charge in [-0.25, -0.2) is 13.2 Å². The van der Waals surface area contributed by atoms with Gasteiger partial charge in [0.2, 0.25) is 15.9 Å². The van der Waals surface area contributed by atoms with Crippen LogP contribution in [-0.4, -0.2) is 45.4 Å². The fourth-order valence-corrected chi connectivity index (χ4v) is 3.38. The number of fused-ring (bicyclic) bond motifs is 1. The molecule has 0 aromatic heterocycles. The fourth-order valence-electron chi connectivity index (χ4n) is 2.82. The molecule has 0 fully saturated rings. The van der Waals surface area contributed by atoms with Crippen molar-refractivity contribution in [2.75, 3.05) is 27.3 Å². The van der Waals surface area contributed by atoms with Crippen molar-refractivity contribution >= 4 is 39.1 Å². The first-order valence-corrected chi connectivity index (χ1v) is 9.78. The van der Waals surface area contributed by atoms with Gasteiger partial charge in [0.15, 0.2) is 0 Å². The molecule has 1 aliphatic rings. The highest BCUT2D eigenvalue weighted by molar-refractivity contribution is 7.92. The van der Waals surface area contributed by atoms with Gasteiger partial charge in [0.05, 0.1) is 35.5 Å². The third kappa shape index (κ3) is 4.41. The van der Waals surface area contributed by atoms with Crippen molar-refractivity contribution in [2.24, 2.45) is 0 Å². The second-order valence-corrected chi connectivity index (χ2v) is 8.11. The third-order valence-corrected chi connectivity index (χ3v) is 4.22. The number of sulfonamides is 1. The lowest BCUT2D eigenvalue weighted by molar-refractivity contribution is -0.117. The maximum atomic E-state index is 12.4. The van der Waals surface area contributed by atoms with Crippen LogP contribution >= 0.6 is 0 Å². The van der Waals surface area contributed by atoms with Crippen LogP contribution in [-0.2, 0) is 19.6 Å². The summed E-state index contributed by atoms with van der Waals surface area (Å²) in [4.78, 5) is 27.5. The molecule has 8 nitrogen and oxygen atoms in total. The number of nitrogens with zero attached hydrogens (tertiary/aromatic N) is 2. The summed E-state index contributed by atoms with van der Waals surface area (Å²) in [6, 6.07) is 4.41. The topological polar surface area (TPSA) is 96.0 Å². The van der Waals surface area contributed by atoms with E-state index in [2.05, 4.69) is 4.72 Å². The van der Waals surface area contributed by atoms with Crippen molar-refractivity contribution in [3.63, 3.8) is 0 Å². The molecule has 0 aliphatic carbocycles. The first-order valence-electron chi connectivity index (χ1n) is 7.89. The van der Waals surface area contributed by atoms with Crippen LogP contribution in [0.2, 0.25) is 0 Å². The maximum absolute atomic E-state index is 12.4. The second-order valence-electron chi connectivity index (χ2n) is 6.36. The fraction of sp³-hybridized carbons (Fsp3) is 0.500. The molecular formula is C16H23N3O5S. The lowest BCUT2D eigenvalue weighted by Gasteiger charge is -2.40. The van der Waals surface area contributed by atoms with Crippen LogP contribution in [0.15, 0.2) is 18.2 Å². The smallest absolute Gasteiger partial charge is 0.414 e. The van der Waals surface area contributed by atoms with Gasteiger partial charge in [-0.2, -0.15) is 0 Å². The van der Waals surface area contributed by atoms with E-state index in [0.717, 1.165) is 6.26 Å². The van der Waals surface area contributed by atoms with Crippen LogP contribution < -0.4 is 14.5 Å². The molecule has 0 saturated carbocycles. The standard InChI is InChI=1S/C16H23N3O5S/c1-10(2)24-16(21)18-9-11(3)19(12(4)20)15-8-13(6-7-14(15)18)17-25(5,22)23/h6-8,10-11,17H,9H2,1-5H3/t11-/m0/s1. The summed E-state index contributed by atoms with van der Waals surface area (Å²) in [6.07, 6.45) is 0.266. The van der Waals surface area contributed by atoms with E-state index in [-0.39, 0.29) is 24.6 Å². The molecule has 2 rings (SSSR count). The minimum absolute atomic E-state index is 0.192. The molecule has 0 radical (unpaired) electrons. The number of ether oxygens (including phenoxy) is 1. The first kappa shape index (κ1) is 19.0. The van der Waals surface area contributed by atoms with Crippen molar-refractivity contribution in [3.05, 3.63) is 18.2 Å². The molecule has 1 atom stereocenters. The van der Waals surface area contributed by atoms with E-state index in [0.29, 0.717) is 17.1 Å².